The van der Waals surface area contributed by atoms with Crippen LogP contribution in [0.3, 0.4) is 0 Å². The number of hydrogen-bond acceptors (Lipinski definition) is 5. The van der Waals surface area contributed by atoms with E-state index >= 15 is 0 Å². The Kier molecular flexibility index (Phi) is 4.79. The molecule has 0 aliphatic carbocycles. The third-order valence-electron chi connectivity index (χ3n) is 3.58. The van der Waals surface area contributed by atoms with E-state index in [0.29, 0.717) is 11.3 Å². The predicted molar refractivity (Wildman–Crippen MR) is 98.9 cm³/mol. The number of rotatable bonds is 4. The van der Waals surface area contributed by atoms with Gasteiger partial charge in [0.25, 0.3) is 5.91 Å². The van der Waals surface area contributed by atoms with E-state index in [0.717, 1.165) is 28.0 Å². The normalized spacial score (nSPS) is 11.6. The Labute approximate surface area is 151 Å². The minimum Gasteiger partial charge on any atom is -0.305 e. The summed E-state index contributed by atoms with van der Waals surface area (Å²) in [7, 11) is 0. The van der Waals surface area contributed by atoms with Crippen LogP contribution >= 0.6 is 22.7 Å². The van der Waals surface area contributed by atoms with Crippen LogP contribution < -0.4 is 4.80 Å². The first-order valence-corrected chi connectivity index (χ1v) is 9.05. The summed E-state index contributed by atoms with van der Waals surface area (Å²) < 4.78 is 2.80. The number of nitro groups is 1. The molecule has 0 atom stereocenters. The van der Waals surface area contributed by atoms with Gasteiger partial charge in [-0.3, -0.25) is 14.9 Å². The zero-order chi connectivity index (χ0) is 18.0. The van der Waals surface area contributed by atoms with E-state index in [1.807, 2.05) is 12.1 Å². The fourth-order valence-corrected chi connectivity index (χ4v) is 4.15. The molecule has 1 amide bonds. The molecule has 126 valence electrons. The van der Waals surface area contributed by atoms with Crippen LogP contribution in [0, 0.1) is 22.5 Å². The van der Waals surface area contributed by atoms with Gasteiger partial charge in [0.2, 0.25) is 0 Å². The molecule has 0 spiro atoms. The van der Waals surface area contributed by atoms with Crippen molar-refractivity contribution in [3.8, 4) is 12.3 Å². The molecule has 25 heavy (non-hydrogen) atoms. The van der Waals surface area contributed by atoms with Crippen LogP contribution in [0.4, 0.5) is 5.00 Å². The number of fused-ring (bicyclic) bond motifs is 1. The fourth-order valence-electron chi connectivity index (χ4n) is 2.35. The molecule has 0 unspecified atom stereocenters. The molecule has 0 bridgehead atoms. The monoisotopic (exact) mass is 371 g/mol. The van der Waals surface area contributed by atoms with Crippen molar-refractivity contribution in [1.82, 2.24) is 4.57 Å². The molecular weight excluding hydrogens is 358 g/mol. The fraction of sp³-hybridized carbons (Fsp3) is 0.176. The maximum Gasteiger partial charge on any atom is 0.324 e. The third kappa shape index (κ3) is 3.38. The zero-order valence-corrected chi connectivity index (χ0v) is 14.9. The third-order valence-corrected chi connectivity index (χ3v) is 5.65. The lowest BCUT2D eigenvalue weighted by atomic mass is 10.2. The van der Waals surface area contributed by atoms with Crippen molar-refractivity contribution in [2.75, 3.05) is 0 Å². The number of thiophene rings is 1. The highest BCUT2D eigenvalue weighted by molar-refractivity contribution is 7.17. The molecule has 6 nitrogen and oxygen atoms in total. The molecule has 2 heterocycles. The average molecular weight is 371 g/mol. The summed E-state index contributed by atoms with van der Waals surface area (Å²) in [5.74, 6) is 2.07. The molecule has 0 aliphatic heterocycles. The summed E-state index contributed by atoms with van der Waals surface area (Å²) in [6, 6.07) is 8.79. The van der Waals surface area contributed by atoms with E-state index in [9.17, 15) is 14.9 Å². The van der Waals surface area contributed by atoms with Crippen LogP contribution in [-0.2, 0) is 13.0 Å². The van der Waals surface area contributed by atoms with Crippen LogP contribution in [0.25, 0.3) is 10.2 Å². The summed E-state index contributed by atoms with van der Waals surface area (Å²) in [6.07, 6.45) is 6.36. The molecule has 8 heteroatoms. The Morgan fingerprint density at radius 1 is 1.36 bits per heavy atom. The van der Waals surface area contributed by atoms with Gasteiger partial charge in [-0.25, -0.2) is 0 Å². The summed E-state index contributed by atoms with van der Waals surface area (Å²) in [6.45, 7) is 2.37. The van der Waals surface area contributed by atoms with Crippen LogP contribution in [0.5, 0.6) is 0 Å². The number of benzene rings is 1. The van der Waals surface area contributed by atoms with E-state index in [1.54, 1.807) is 4.57 Å². The number of aryl methyl sites for hydroxylation is 1. The Hall–Kier alpha value is -2.76. The molecule has 2 aromatic heterocycles. The molecule has 0 radical (unpaired) electrons. The van der Waals surface area contributed by atoms with Gasteiger partial charge in [-0.2, -0.15) is 4.99 Å². The second kappa shape index (κ2) is 7.01. The van der Waals surface area contributed by atoms with Crippen molar-refractivity contribution >= 4 is 43.8 Å². The molecule has 1 aromatic carbocycles. The highest BCUT2D eigenvalue weighted by Gasteiger charge is 2.15. The van der Waals surface area contributed by atoms with Crippen LogP contribution in [0.15, 0.2) is 35.3 Å². The summed E-state index contributed by atoms with van der Waals surface area (Å²) >= 11 is 2.19. The maximum absolute atomic E-state index is 12.4. The SMILES string of the molecule is C#CCn1c(=NC(=O)c2ccc([N+](=O)[O-])s2)sc2cc(CC)ccc21. The Morgan fingerprint density at radius 3 is 2.80 bits per heavy atom. The highest BCUT2D eigenvalue weighted by Crippen LogP contribution is 2.25. The molecule has 0 N–H and O–H groups in total. The lowest BCUT2D eigenvalue weighted by Crippen LogP contribution is -2.16. The summed E-state index contributed by atoms with van der Waals surface area (Å²) in [5, 5.41) is 10.7. The number of aromatic nitrogens is 1. The Balaban J connectivity index is 2.10. The Bertz CT molecular complexity index is 1080. The standard InChI is InChI=1S/C17H13N3O3S2/c1-3-9-19-12-6-5-11(4-2)10-14(12)25-17(19)18-16(21)13-7-8-15(24-13)20(22)23/h1,5-8,10H,4,9H2,2H3. The van der Waals surface area contributed by atoms with E-state index in [2.05, 4.69) is 23.9 Å². The van der Waals surface area contributed by atoms with E-state index in [-0.39, 0.29) is 9.88 Å². The first-order chi connectivity index (χ1) is 12.0. The number of carbonyl (C=O) groups is 1. The van der Waals surface area contributed by atoms with Gasteiger partial charge in [0, 0.05) is 6.07 Å². The summed E-state index contributed by atoms with van der Waals surface area (Å²) in [4.78, 5) is 27.5. The topological polar surface area (TPSA) is 77.5 Å². The van der Waals surface area contributed by atoms with Gasteiger partial charge in [0.15, 0.2) is 4.80 Å². The summed E-state index contributed by atoms with van der Waals surface area (Å²) in [5.41, 5.74) is 2.11. The van der Waals surface area contributed by atoms with Crippen molar-refractivity contribution in [1.29, 1.82) is 0 Å². The second-order valence-corrected chi connectivity index (χ2v) is 7.21. The quantitative estimate of drug-likeness (QED) is 0.399. The Morgan fingerprint density at radius 2 is 2.16 bits per heavy atom. The van der Waals surface area contributed by atoms with E-state index < -0.39 is 10.8 Å². The van der Waals surface area contributed by atoms with Gasteiger partial charge >= 0.3 is 5.00 Å². The van der Waals surface area contributed by atoms with Gasteiger partial charge < -0.3 is 4.57 Å². The van der Waals surface area contributed by atoms with Crippen molar-refractivity contribution < 1.29 is 9.72 Å². The van der Waals surface area contributed by atoms with Gasteiger partial charge in [-0.15, -0.1) is 6.42 Å². The molecule has 0 fully saturated rings. The lowest BCUT2D eigenvalue weighted by Gasteiger charge is -2.00. The number of amides is 1. The average Bonchev–Trinajstić information content (AvgIpc) is 3.20. The molecular formula is C17H13N3O3S2. The molecule has 0 saturated heterocycles. The largest absolute Gasteiger partial charge is 0.324 e. The maximum atomic E-state index is 12.4. The van der Waals surface area contributed by atoms with Crippen LogP contribution in [-0.4, -0.2) is 15.4 Å². The highest BCUT2D eigenvalue weighted by atomic mass is 32.1. The lowest BCUT2D eigenvalue weighted by molar-refractivity contribution is -0.380. The van der Waals surface area contributed by atoms with Crippen LogP contribution in [0.2, 0.25) is 0 Å². The predicted octanol–water partition coefficient (Wildman–Crippen LogP) is 3.61. The minimum atomic E-state index is -0.522. The van der Waals surface area contributed by atoms with Crippen molar-refractivity contribution in [3.05, 3.63) is 55.7 Å². The first-order valence-electron chi connectivity index (χ1n) is 7.42. The molecule has 0 aliphatic rings. The molecule has 3 rings (SSSR count). The zero-order valence-electron chi connectivity index (χ0n) is 13.3. The first kappa shape index (κ1) is 17.1. The number of nitrogens with zero attached hydrogens (tertiary/aromatic N) is 3. The van der Waals surface area contributed by atoms with Gasteiger partial charge in [0.1, 0.15) is 4.88 Å². The number of hydrogen-bond donors (Lipinski definition) is 0. The second-order valence-electron chi connectivity index (χ2n) is 5.14. The smallest absolute Gasteiger partial charge is 0.305 e. The van der Waals surface area contributed by atoms with Crippen molar-refractivity contribution in [3.63, 3.8) is 0 Å². The number of terminal acetylenes is 1. The van der Waals surface area contributed by atoms with Gasteiger partial charge in [-0.05, 0) is 30.2 Å². The van der Waals surface area contributed by atoms with Crippen molar-refractivity contribution in [2.45, 2.75) is 19.9 Å². The van der Waals surface area contributed by atoms with Crippen LogP contribution in [0.1, 0.15) is 22.2 Å². The number of carbonyl (C=O) groups excluding carboxylic acids is 1. The van der Waals surface area contributed by atoms with E-state index in [1.165, 1.54) is 29.0 Å². The minimum absolute atomic E-state index is 0.0843. The van der Waals surface area contributed by atoms with Gasteiger partial charge in [-0.1, -0.05) is 41.6 Å². The molecule has 0 saturated carbocycles. The number of thiazole rings is 1. The van der Waals surface area contributed by atoms with Crippen molar-refractivity contribution in [2.24, 2.45) is 4.99 Å². The molecule has 3 aromatic rings. The van der Waals surface area contributed by atoms with E-state index in [4.69, 9.17) is 6.42 Å². The van der Waals surface area contributed by atoms with Gasteiger partial charge in [0.05, 0.1) is 21.7 Å².